The molecule has 0 aliphatic heterocycles. The number of hydrogen-bond donors (Lipinski definition) is 1. The number of carbonyl (C=O) groups excluding carboxylic acids is 1. The standard InChI is InChI=1S/C17H14N4O5S/c1-25-14-4-2-11(3-5-14)16-19-20-17(26-16)27-9-10-6-12(15(18)22)8-13(7-10)21(23)24/h2-8H,9H2,1H3,(H2,18,22). The molecular weight excluding hydrogens is 372 g/mol. The van der Waals surface area contributed by atoms with Crippen LogP contribution in [0.1, 0.15) is 15.9 Å². The average Bonchev–Trinajstić information content (AvgIpc) is 3.15. The number of hydrogen-bond acceptors (Lipinski definition) is 8. The molecule has 1 heterocycles. The molecule has 3 rings (SSSR count). The molecule has 2 N–H and O–H groups in total. The number of nitrogens with two attached hydrogens (primary N) is 1. The molecule has 1 amide bonds. The van der Waals surface area contributed by atoms with E-state index >= 15 is 0 Å². The molecule has 0 saturated heterocycles. The number of non-ortho nitro benzene ring substituents is 1. The molecule has 0 unspecified atom stereocenters. The fourth-order valence-corrected chi connectivity index (χ4v) is 2.96. The number of amides is 1. The Labute approximate surface area is 157 Å². The van der Waals surface area contributed by atoms with Crippen molar-refractivity contribution >= 4 is 23.4 Å². The van der Waals surface area contributed by atoms with Crippen molar-refractivity contribution in [2.45, 2.75) is 11.0 Å². The van der Waals surface area contributed by atoms with Crippen molar-refractivity contribution in [1.82, 2.24) is 10.2 Å². The number of nitrogens with zero attached hydrogens (tertiary/aromatic N) is 3. The van der Waals surface area contributed by atoms with Gasteiger partial charge in [-0.2, -0.15) is 0 Å². The number of methoxy groups -OCH3 is 1. The van der Waals surface area contributed by atoms with Crippen molar-refractivity contribution in [2.75, 3.05) is 7.11 Å². The van der Waals surface area contributed by atoms with E-state index in [4.69, 9.17) is 14.9 Å². The van der Waals surface area contributed by atoms with Crippen LogP contribution in [0.2, 0.25) is 0 Å². The van der Waals surface area contributed by atoms with Gasteiger partial charge in [0.05, 0.1) is 12.0 Å². The minimum Gasteiger partial charge on any atom is -0.497 e. The van der Waals surface area contributed by atoms with Crippen molar-refractivity contribution in [1.29, 1.82) is 0 Å². The van der Waals surface area contributed by atoms with E-state index in [0.29, 0.717) is 28.2 Å². The van der Waals surface area contributed by atoms with Crippen LogP contribution in [0.4, 0.5) is 5.69 Å². The fourth-order valence-electron chi connectivity index (χ4n) is 2.27. The molecule has 10 heteroatoms. The van der Waals surface area contributed by atoms with Crippen molar-refractivity contribution in [3.63, 3.8) is 0 Å². The molecule has 0 bridgehead atoms. The van der Waals surface area contributed by atoms with Crippen LogP contribution in [-0.4, -0.2) is 28.1 Å². The number of ether oxygens (including phenoxy) is 1. The summed E-state index contributed by atoms with van der Waals surface area (Å²) in [5, 5.41) is 19.2. The molecular formula is C17H14N4O5S. The van der Waals surface area contributed by atoms with Crippen molar-refractivity contribution in [2.24, 2.45) is 5.73 Å². The summed E-state index contributed by atoms with van der Waals surface area (Å²) >= 11 is 1.20. The first kappa shape index (κ1) is 18.4. The van der Waals surface area contributed by atoms with Gasteiger partial charge in [0.25, 0.3) is 10.9 Å². The van der Waals surface area contributed by atoms with Crippen molar-refractivity contribution in [3.8, 4) is 17.2 Å². The van der Waals surface area contributed by atoms with Gasteiger partial charge in [-0.1, -0.05) is 11.8 Å². The quantitative estimate of drug-likeness (QED) is 0.372. The molecule has 3 aromatic rings. The third-order valence-corrected chi connectivity index (χ3v) is 4.47. The van der Waals surface area contributed by atoms with Crippen LogP contribution in [0.5, 0.6) is 5.75 Å². The summed E-state index contributed by atoms with van der Waals surface area (Å²) in [7, 11) is 1.58. The first-order chi connectivity index (χ1) is 13.0. The highest BCUT2D eigenvalue weighted by molar-refractivity contribution is 7.98. The Bertz CT molecular complexity index is 955. The van der Waals surface area contributed by atoms with E-state index in [1.807, 2.05) is 0 Å². The van der Waals surface area contributed by atoms with Crippen LogP contribution in [0.3, 0.4) is 0 Å². The lowest BCUT2D eigenvalue weighted by Gasteiger charge is -2.02. The lowest BCUT2D eigenvalue weighted by atomic mass is 10.1. The van der Waals surface area contributed by atoms with Gasteiger partial charge in [0.1, 0.15) is 5.75 Å². The summed E-state index contributed by atoms with van der Waals surface area (Å²) in [5.41, 5.74) is 6.39. The third kappa shape index (κ3) is 4.42. The Morgan fingerprint density at radius 3 is 2.63 bits per heavy atom. The van der Waals surface area contributed by atoms with Gasteiger partial charge < -0.3 is 14.9 Å². The van der Waals surface area contributed by atoms with Gasteiger partial charge in [-0.05, 0) is 35.9 Å². The van der Waals surface area contributed by atoms with E-state index < -0.39 is 10.8 Å². The van der Waals surface area contributed by atoms with E-state index in [0.717, 1.165) is 11.6 Å². The highest BCUT2D eigenvalue weighted by atomic mass is 32.2. The molecule has 0 atom stereocenters. The monoisotopic (exact) mass is 386 g/mol. The topological polar surface area (TPSA) is 134 Å². The Balaban J connectivity index is 1.74. The van der Waals surface area contributed by atoms with E-state index in [1.165, 1.54) is 23.9 Å². The summed E-state index contributed by atoms with van der Waals surface area (Å²) in [6, 6.07) is 11.2. The maximum Gasteiger partial charge on any atom is 0.277 e. The number of aromatic nitrogens is 2. The molecule has 0 radical (unpaired) electrons. The molecule has 9 nitrogen and oxygen atoms in total. The number of nitro groups is 1. The second-order valence-corrected chi connectivity index (χ2v) is 6.33. The van der Waals surface area contributed by atoms with Gasteiger partial charge in [0, 0.05) is 29.0 Å². The summed E-state index contributed by atoms with van der Waals surface area (Å²) in [6.07, 6.45) is 0. The lowest BCUT2D eigenvalue weighted by Crippen LogP contribution is -2.11. The van der Waals surface area contributed by atoms with E-state index in [2.05, 4.69) is 10.2 Å². The maximum atomic E-state index is 11.4. The third-order valence-electron chi connectivity index (χ3n) is 3.58. The van der Waals surface area contributed by atoms with Crippen molar-refractivity contribution < 1.29 is 18.9 Å². The Morgan fingerprint density at radius 1 is 1.26 bits per heavy atom. The van der Waals surface area contributed by atoms with Crippen LogP contribution in [0.25, 0.3) is 11.5 Å². The number of benzene rings is 2. The minimum absolute atomic E-state index is 0.0734. The second-order valence-electron chi connectivity index (χ2n) is 5.40. The zero-order valence-electron chi connectivity index (χ0n) is 14.1. The molecule has 0 spiro atoms. The summed E-state index contributed by atoms with van der Waals surface area (Å²) < 4.78 is 10.7. The largest absolute Gasteiger partial charge is 0.497 e. The first-order valence-electron chi connectivity index (χ1n) is 7.65. The van der Waals surface area contributed by atoms with Gasteiger partial charge in [0.2, 0.25) is 11.8 Å². The molecule has 0 aliphatic rings. The van der Waals surface area contributed by atoms with E-state index in [1.54, 1.807) is 31.4 Å². The number of nitro benzene ring substituents is 1. The second kappa shape index (κ2) is 7.87. The predicted octanol–water partition coefficient (Wildman–Crippen LogP) is 3.04. The highest BCUT2D eigenvalue weighted by Gasteiger charge is 2.14. The number of primary amides is 1. The average molecular weight is 386 g/mol. The molecule has 0 fully saturated rings. The van der Waals surface area contributed by atoms with Gasteiger partial charge in [0.15, 0.2) is 0 Å². The molecule has 138 valence electrons. The number of thioether (sulfide) groups is 1. The zero-order chi connectivity index (χ0) is 19.4. The zero-order valence-corrected chi connectivity index (χ0v) is 14.9. The first-order valence-corrected chi connectivity index (χ1v) is 8.63. The van der Waals surface area contributed by atoms with Crippen LogP contribution < -0.4 is 10.5 Å². The molecule has 0 aliphatic carbocycles. The van der Waals surface area contributed by atoms with Crippen LogP contribution in [0, 0.1) is 10.1 Å². The Kier molecular flexibility index (Phi) is 5.36. The summed E-state index contributed by atoms with van der Waals surface area (Å²) in [5.74, 6) is 0.622. The predicted molar refractivity (Wildman–Crippen MR) is 97.5 cm³/mol. The van der Waals surface area contributed by atoms with Gasteiger partial charge in [-0.15, -0.1) is 10.2 Å². The van der Waals surface area contributed by atoms with Crippen molar-refractivity contribution in [3.05, 3.63) is 63.7 Å². The van der Waals surface area contributed by atoms with Gasteiger partial charge in [-0.25, -0.2) is 0 Å². The normalized spacial score (nSPS) is 10.6. The molecule has 27 heavy (non-hydrogen) atoms. The smallest absolute Gasteiger partial charge is 0.277 e. The maximum absolute atomic E-state index is 11.4. The van der Waals surface area contributed by atoms with E-state index in [9.17, 15) is 14.9 Å². The molecule has 2 aromatic carbocycles. The minimum atomic E-state index is -0.732. The fraction of sp³-hybridized carbons (Fsp3) is 0.118. The summed E-state index contributed by atoms with van der Waals surface area (Å²) in [4.78, 5) is 21.8. The summed E-state index contributed by atoms with van der Waals surface area (Å²) in [6.45, 7) is 0. The van der Waals surface area contributed by atoms with Crippen LogP contribution in [-0.2, 0) is 5.75 Å². The Hall–Kier alpha value is -3.40. The van der Waals surface area contributed by atoms with Crippen LogP contribution >= 0.6 is 11.8 Å². The lowest BCUT2D eigenvalue weighted by molar-refractivity contribution is -0.384. The van der Waals surface area contributed by atoms with E-state index in [-0.39, 0.29) is 11.3 Å². The number of carbonyl (C=O) groups is 1. The number of rotatable bonds is 7. The molecule has 1 aromatic heterocycles. The highest BCUT2D eigenvalue weighted by Crippen LogP contribution is 2.28. The van der Waals surface area contributed by atoms with Gasteiger partial charge in [-0.3, -0.25) is 14.9 Å². The van der Waals surface area contributed by atoms with Crippen LogP contribution in [0.15, 0.2) is 52.1 Å². The SMILES string of the molecule is COc1ccc(-c2nnc(SCc3cc(C(N)=O)cc([N+](=O)[O-])c3)o2)cc1. The Morgan fingerprint density at radius 2 is 2.00 bits per heavy atom. The van der Waals surface area contributed by atoms with Gasteiger partial charge >= 0.3 is 0 Å². The molecule has 0 saturated carbocycles.